The quantitative estimate of drug-likeness (QED) is 0.818. The van der Waals surface area contributed by atoms with Crippen LogP contribution in [0.25, 0.3) is 0 Å². The number of nitrogens with zero attached hydrogens (tertiary/aromatic N) is 1. The predicted molar refractivity (Wildman–Crippen MR) is 86.5 cm³/mol. The molecule has 1 aliphatic rings. The summed E-state index contributed by atoms with van der Waals surface area (Å²) in [6, 6.07) is 10.2. The number of methoxy groups -OCH3 is 1. The van der Waals surface area contributed by atoms with Crippen LogP contribution < -0.4 is 0 Å². The van der Waals surface area contributed by atoms with Crippen molar-refractivity contribution in [3.8, 4) is 0 Å². The highest BCUT2D eigenvalue weighted by molar-refractivity contribution is 5.77. The number of ether oxygens (including phenoxy) is 1. The maximum atomic E-state index is 12.4. The van der Waals surface area contributed by atoms with E-state index < -0.39 is 5.41 Å². The van der Waals surface area contributed by atoms with Crippen LogP contribution in [0.2, 0.25) is 0 Å². The summed E-state index contributed by atoms with van der Waals surface area (Å²) in [5, 5.41) is 9.19. The number of carbonyl (C=O) groups excluding carboxylic acids is 1. The summed E-state index contributed by atoms with van der Waals surface area (Å²) in [5.41, 5.74) is 0.778. The van der Waals surface area contributed by atoms with Gasteiger partial charge in [0.25, 0.3) is 0 Å². The molecule has 1 N–H and O–H groups in total. The first-order valence-electron chi connectivity index (χ1n) is 8.05. The van der Waals surface area contributed by atoms with E-state index in [1.807, 2.05) is 25.1 Å². The highest BCUT2D eigenvalue weighted by Gasteiger charge is 2.42. The largest absolute Gasteiger partial charge is 0.469 e. The minimum absolute atomic E-state index is 0.0915. The summed E-state index contributed by atoms with van der Waals surface area (Å²) in [4.78, 5) is 14.7. The summed E-state index contributed by atoms with van der Waals surface area (Å²) >= 11 is 0. The van der Waals surface area contributed by atoms with Crippen molar-refractivity contribution in [2.45, 2.75) is 26.2 Å². The molecule has 4 heteroatoms. The molecule has 0 bridgehead atoms. The molecule has 1 aliphatic heterocycles. The van der Waals surface area contributed by atoms with E-state index in [1.54, 1.807) is 0 Å². The van der Waals surface area contributed by atoms with E-state index in [4.69, 9.17) is 4.74 Å². The summed E-state index contributed by atoms with van der Waals surface area (Å²) in [6.45, 7) is 4.91. The van der Waals surface area contributed by atoms with Gasteiger partial charge in [0.15, 0.2) is 0 Å². The van der Waals surface area contributed by atoms with E-state index in [-0.39, 0.29) is 18.5 Å². The number of aliphatic hydroxyl groups is 1. The number of carbonyl (C=O) groups is 1. The third kappa shape index (κ3) is 4.08. The van der Waals surface area contributed by atoms with Crippen molar-refractivity contribution < 1.29 is 14.6 Å². The molecule has 2 rings (SSSR count). The fourth-order valence-electron chi connectivity index (χ4n) is 3.32. The Labute approximate surface area is 133 Å². The second-order valence-electron chi connectivity index (χ2n) is 6.52. The van der Waals surface area contributed by atoms with Crippen LogP contribution >= 0.6 is 0 Å². The number of likely N-dealkylation sites (tertiary alicyclic amines) is 1. The smallest absolute Gasteiger partial charge is 0.312 e. The first-order chi connectivity index (χ1) is 10.6. The highest BCUT2D eigenvalue weighted by atomic mass is 16.5. The van der Waals surface area contributed by atoms with Crippen molar-refractivity contribution in [3.05, 3.63) is 35.9 Å². The van der Waals surface area contributed by atoms with Gasteiger partial charge in [-0.25, -0.2) is 0 Å². The molecule has 1 heterocycles. The molecule has 1 fully saturated rings. The Hall–Kier alpha value is -1.39. The number of aliphatic hydroxyl groups excluding tert-OH is 1. The predicted octanol–water partition coefficient (Wildman–Crippen LogP) is 2.11. The molecule has 122 valence electrons. The van der Waals surface area contributed by atoms with Crippen LogP contribution in [0.5, 0.6) is 0 Å². The van der Waals surface area contributed by atoms with Gasteiger partial charge in [-0.15, -0.1) is 0 Å². The first kappa shape index (κ1) is 17.0. The van der Waals surface area contributed by atoms with Crippen molar-refractivity contribution >= 4 is 5.97 Å². The number of benzene rings is 1. The molecule has 1 aromatic rings. The molecular weight excluding hydrogens is 278 g/mol. The average Bonchev–Trinajstić information content (AvgIpc) is 2.56. The van der Waals surface area contributed by atoms with Gasteiger partial charge in [-0.3, -0.25) is 4.79 Å². The normalized spacial score (nSPS) is 19.6. The third-order valence-corrected chi connectivity index (χ3v) is 4.70. The molecular formula is C18H27NO3. The zero-order valence-electron chi connectivity index (χ0n) is 13.6. The molecule has 0 aromatic heterocycles. The van der Waals surface area contributed by atoms with E-state index in [1.165, 1.54) is 12.7 Å². The maximum absolute atomic E-state index is 12.4. The Morgan fingerprint density at radius 3 is 2.50 bits per heavy atom. The summed E-state index contributed by atoms with van der Waals surface area (Å²) in [7, 11) is 1.48. The zero-order valence-corrected chi connectivity index (χ0v) is 13.6. The van der Waals surface area contributed by atoms with Crippen LogP contribution in [-0.2, 0) is 16.0 Å². The zero-order chi connectivity index (χ0) is 16.0. The monoisotopic (exact) mass is 305 g/mol. The first-order valence-corrected chi connectivity index (χ1v) is 8.05. The van der Waals surface area contributed by atoms with Crippen LogP contribution in [0.4, 0.5) is 0 Å². The molecule has 0 aliphatic carbocycles. The van der Waals surface area contributed by atoms with E-state index in [9.17, 15) is 9.90 Å². The Balaban J connectivity index is 2.05. The van der Waals surface area contributed by atoms with Crippen molar-refractivity contribution in [2.75, 3.05) is 33.4 Å². The molecule has 1 saturated heterocycles. The second-order valence-corrected chi connectivity index (χ2v) is 6.52. The molecule has 4 nitrogen and oxygen atoms in total. The molecule has 1 atom stereocenters. The average molecular weight is 305 g/mol. The van der Waals surface area contributed by atoms with Gasteiger partial charge in [-0.05, 0) is 43.8 Å². The lowest BCUT2D eigenvalue weighted by atomic mass is 9.73. The Kier molecular flexibility index (Phi) is 5.98. The fourth-order valence-corrected chi connectivity index (χ4v) is 3.32. The summed E-state index contributed by atoms with van der Waals surface area (Å²) < 4.78 is 5.11. The molecule has 0 radical (unpaired) electrons. The van der Waals surface area contributed by atoms with Crippen molar-refractivity contribution in [3.63, 3.8) is 0 Å². The Morgan fingerprint density at radius 2 is 1.95 bits per heavy atom. The number of rotatable bonds is 6. The lowest BCUT2D eigenvalue weighted by Gasteiger charge is -2.40. The van der Waals surface area contributed by atoms with Crippen LogP contribution in [0.3, 0.4) is 0 Å². The van der Waals surface area contributed by atoms with Gasteiger partial charge >= 0.3 is 5.97 Å². The van der Waals surface area contributed by atoms with E-state index in [2.05, 4.69) is 17.0 Å². The van der Waals surface area contributed by atoms with Gasteiger partial charge in [-0.2, -0.15) is 0 Å². The van der Waals surface area contributed by atoms with Crippen LogP contribution in [-0.4, -0.2) is 49.3 Å². The molecule has 0 spiro atoms. The Morgan fingerprint density at radius 1 is 1.32 bits per heavy atom. The molecule has 1 unspecified atom stereocenters. The lowest BCUT2D eigenvalue weighted by Crippen LogP contribution is -2.47. The minimum atomic E-state index is -0.408. The van der Waals surface area contributed by atoms with Gasteiger partial charge in [-0.1, -0.05) is 37.3 Å². The minimum Gasteiger partial charge on any atom is -0.469 e. The maximum Gasteiger partial charge on any atom is 0.312 e. The number of esters is 1. The van der Waals surface area contributed by atoms with Gasteiger partial charge in [0.2, 0.25) is 0 Å². The van der Waals surface area contributed by atoms with Gasteiger partial charge in [0, 0.05) is 13.2 Å². The van der Waals surface area contributed by atoms with Gasteiger partial charge in [0.05, 0.1) is 12.5 Å². The summed E-state index contributed by atoms with van der Waals surface area (Å²) in [6.07, 6.45) is 2.36. The molecule has 1 aromatic carbocycles. The second kappa shape index (κ2) is 7.75. The van der Waals surface area contributed by atoms with Crippen molar-refractivity contribution in [1.29, 1.82) is 0 Å². The number of piperidine rings is 1. The molecule has 0 saturated carbocycles. The van der Waals surface area contributed by atoms with Crippen LogP contribution in [0.1, 0.15) is 25.3 Å². The topological polar surface area (TPSA) is 49.8 Å². The molecule has 22 heavy (non-hydrogen) atoms. The standard InChI is InChI=1S/C18H27NO3/c1-15(14-20)13-19-10-8-18(9-11-19,17(21)22-2)12-16-6-4-3-5-7-16/h3-7,15,20H,8-14H2,1-2H3. The Bertz CT molecular complexity index is 466. The SMILES string of the molecule is COC(=O)C1(Cc2ccccc2)CCN(CC(C)CO)CC1. The number of hydrogen-bond acceptors (Lipinski definition) is 4. The van der Waals surface area contributed by atoms with Gasteiger partial charge in [0.1, 0.15) is 0 Å². The lowest BCUT2D eigenvalue weighted by molar-refractivity contribution is -0.156. The highest BCUT2D eigenvalue weighted by Crippen LogP contribution is 2.36. The van der Waals surface area contributed by atoms with Crippen LogP contribution in [0, 0.1) is 11.3 Å². The van der Waals surface area contributed by atoms with E-state index >= 15 is 0 Å². The molecule has 0 amide bonds. The number of hydrogen-bond donors (Lipinski definition) is 1. The van der Waals surface area contributed by atoms with Gasteiger partial charge < -0.3 is 14.7 Å². The summed E-state index contributed by atoms with van der Waals surface area (Å²) in [5.74, 6) is 0.186. The fraction of sp³-hybridized carbons (Fsp3) is 0.611. The van der Waals surface area contributed by atoms with Crippen molar-refractivity contribution in [2.24, 2.45) is 11.3 Å². The van der Waals surface area contributed by atoms with E-state index in [0.29, 0.717) is 0 Å². The third-order valence-electron chi connectivity index (χ3n) is 4.70. The van der Waals surface area contributed by atoms with Crippen LogP contribution in [0.15, 0.2) is 30.3 Å². The van der Waals surface area contributed by atoms with E-state index in [0.717, 1.165) is 38.9 Å². The van der Waals surface area contributed by atoms with Crippen molar-refractivity contribution in [1.82, 2.24) is 4.90 Å².